The average Bonchev–Trinajstić information content (AvgIpc) is 3.12. The minimum Gasteiger partial charge on any atom is -0.469 e. The minimum atomic E-state index is -0.243. The summed E-state index contributed by atoms with van der Waals surface area (Å²) in [4.78, 5) is 11.6. The molecule has 0 radical (unpaired) electrons. The van der Waals surface area contributed by atoms with Crippen LogP contribution < -0.4 is 5.32 Å². The number of nitrogens with one attached hydrogen (secondary N) is 1. The van der Waals surface area contributed by atoms with E-state index in [1.165, 1.54) is 23.8 Å². The van der Waals surface area contributed by atoms with Crippen LogP contribution in [0, 0.1) is 19.3 Å². The Hall–Kier alpha value is -1.35. The molecule has 0 atom stereocenters. The van der Waals surface area contributed by atoms with Gasteiger partial charge in [0.25, 0.3) is 0 Å². The predicted molar refractivity (Wildman–Crippen MR) is 71.3 cm³/mol. The van der Waals surface area contributed by atoms with Gasteiger partial charge in [0.1, 0.15) is 0 Å². The molecule has 0 aromatic heterocycles. The smallest absolute Gasteiger partial charge is 0.313 e. The summed E-state index contributed by atoms with van der Waals surface area (Å²) in [5, 5.41) is 3.38. The average molecular weight is 247 g/mol. The lowest BCUT2D eigenvalue weighted by Crippen LogP contribution is -2.30. The van der Waals surface area contributed by atoms with Crippen LogP contribution in [0.3, 0.4) is 0 Å². The first-order valence-corrected chi connectivity index (χ1v) is 6.43. The van der Waals surface area contributed by atoms with Gasteiger partial charge in [-0.15, -0.1) is 0 Å². The lowest BCUT2D eigenvalue weighted by atomic mass is 10.0. The van der Waals surface area contributed by atoms with Crippen LogP contribution in [0.1, 0.15) is 29.5 Å². The van der Waals surface area contributed by atoms with Gasteiger partial charge in [0.15, 0.2) is 0 Å². The Labute approximate surface area is 109 Å². The first kappa shape index (κ1) is 13.1. The van der Waals surface area contributed by atoms with E-state index in [9.17, 15) is 4.79 Å². The number of ether oxygens (including phenoxy) is 1. The topological polar surface area (TPSA) is 38.3 Å². The molecular weight excluding hydrogens is 226 g/mol. The molecule has 0 unspecified atom stereocenters. The van der Waals surface area contributed by atoms with Crippen molar-refractivity contribution >= 4 is 5.97 Å². The van der Waals surface area contributed by atoms with Crippen LogP contribution in [-0.2, 0) is 16.1 Å². The van der Waals surface area contributed by atoms with Gasteiger partial charge in [-0.25, -0.2) is 0 Å². The summed E-state index contributed by atoms with van der Waals surface area (Å²) in [7, 11) is 1.46. The van der Waals surface area contributed by atoms with E-state index in [4.69, 9.17) is 4.74 Å². The minimum absolute atomic E-state index is 0.0735. The monoisotopic (exact) mass is 247 g/mol. The molecule has 98 valence electrons. The van der Waals surface area contributed by atoms with Gasteiger partial charge in [0.05, 0.1) is 12.5 Å². The van der Waals surface area contributed by atoms with Gasteiger partial charge >= 0.3 is 5.97 Å². The van der Waals surface area contributed by atoms with Crippen LogP contribution in [-0.4, -0.2) is 19.6 Å². The number of rotatable bonds is 5. The number of carbonyl (C=O) groups is 1. The molecule has 1 fully saturated rings. The third kappa shape index (κ3) is 2.72. The number of aryl methyl sites for hydroxylation is 2. The van der Waals surface area contributed by atoms with Gasteiger partial charge in [-0.1, -0.05) is 23.8 Å². The summed E-state index contributed by atoms with van der Waals surface area (Å²) in [6, 6.07) is 6.46. The number of hydrogen-bond donors (Lipinski definition) is 1. The summed E-state index contributed by atoms with van der Waals surface area (Å²) < 4.78 is 4.84. The molecule has 1 aliphatic carbocycles. The van der Waals surface area contributed by atoms with E-state index in [1.54, 1.807) is 0 Å². The summed E-state index contributed by atoms with van der Waals surface area (Å²) in [6.07, 6.45) is 1.89. The second kappa shape index (κ2) is 5.11. The summed E-state index contributed by atoms with van der Waals surface area (Å²) in [5.41, 5.74) is 3.63. The van der Waals surface area contributed by atoms with Crippen LogP contribution in [0.15, 0.2) is 18.2 Å². The molecule has 0 heterocycles. The van der Waals surface area contributed by atoms with E-state index in [2.05, 4.69) is 37.4 Å². The zero-order chi connectivity index (χ0) is 13.2. The second-order valence-corrected chi connectivity index (χ2v) is 5.31. The van der Waals surface area contributed by atoms with E-state index in [0.29, 0.717) is 6.54 Å². The molecule has 0 amide bonds. The zero-order valence-corrected chi connectivity index (χ0v) is 11.4. The van der Waals surface area contributed by atoms with Gasteiger partial charge in [0, 0.05) is 13.1 Å². The molecule has 18 heavy (non-hydrogen) atoms. The maximum Gasteiger partial charge on any atom is 0.313 e. The van der Waals surface area contributed by atoms with Crippen LogP contribution in [0.4, 0.5) is 0 Å². The van der Waals surface area contributed by atoms with E-state index in [-0.39, 0.29) is 11.4 Å². The van der Waals surface area contributed by atoms with Crippen molar-refractivity contribution in [2.45, 2.75) is 33.2 Å². The number of hydrogen-bond acceptors (Lipinski definition) is 3. The quantitative estimate of drug-likeness (QED) is 0.812. The Morgan fingerprint density at radius 1 is 1.39 bits per heavy atom. The van der Waals surface area contributed by atoms with Gasteiger partial charge in [-0.3, -0.25) is 4.79 Å². The molecule has 3 heteroatoms. The molecule has 1 N–H and O–H groups in total. The van der Waals surface area contributed by atoms with Gasteiger partial charge in [-0.2, -0.15) is 0 Å². The Balaban J connectivity index is 1.87. The Kier molecular flexibility index (Phi) is 3.71. The highest BCUT2D eigenvalue weighted by atomic mass is 16.5. The first-order chi connectivity index (χ1) is 8.57. The van der Waals surface area contributed by atoms with Crippen molar-refractivity contribution in [3.63, 3.8) is 0 Å². The maximum absolute atomic E-state index is 11.6. The number of esters is 1. The summed E-state index contributed by atoms with van der Waals surface area (Å²) in [5.74, 6) is -0.0735. The Bertz CT molecular complexity index is 450. The fourth-order valence-electron chi connectivity index (χ4n) is 2.30. The highest BCUT2D eigenvalue weighted by molar-refractivity contribution is 5.80. The van der Waals surface area contributed by atoms with E-state index in [1.807, 2.05) is 0 Å². The van der Waals surface area contributed by atoms with Gasteiger partial charge in [-0.05, 0) is 37.8 Å². The highest BCUT2D eigenvalue weighted by Crippen LogP contribution is 2.46. The SMILES string of the molecule is COC(=O)C1(CNCc2ccc(C)cc2C)CC1. The van der Waals surface area contributed by atoms with Crippen molar-refractivity contribution in [3.05, 3.63) is 34.9 Å². The Morgan fingerprint density at radius 2 is 2.11 bits per heavy atom. The molecule has 1 aromatic carbocycles. The van der Waals surface area contributed by atoms with Crippen LogP contribution in [0.2, 0.25) is 0 Å². The number of benzene rings is 1. The normalized spacial score (nSPS) is 16.4. The maximum atomic E-state index is 11.6. The fraction of sp³-hybridized carbons (Fsp3) is 0.533. The second-order valence-electron chi connectivity index (χ2n) is 5.31. The molecule has 0 bridgehead atoms. The molecule has 0 spiro atoms. The number of carbonyl (C=O) groups excluding carboxylic acids is 1. The molecular formula is C15H21NO2. The summed E-state index contributed by atoms with van der Waals surface area (Å²) in [6.45, 7) is 5.75. The first-order valence-electron chi connectivity index (χ1n) is 6.43. The molecule has 2 rings (SSSR count). The van der Waals surface area contributed by atoms with Crippen molar-refractivity contribution < 1.29 is 9.53 Å². The number of methoxy groups -OCH3 is 1. The summed E-state index contributed by atoms with van der Waals surface area (Å²) >= 11 is 0. The van der Waals surface area contributed by atoms with E-state index < -0.39 is 0 Å². The molecule has 3 nitrogen and oxygen atoms in total. The Morgan fingerprint density at radius 3 is 2.67 bits per heavy atom. The van der Waals surface area contributed by atoms with Crippen molar-refractivity contribution in [3.8, 4) is 0 Å². The third-order valence-electron chi connectivity index (χ3n) is 3.75. The van der Waals surface area contributed by atoms with Crippen molar-refractivity contribution in [2.75, 3.05) is 13.7 Å². The standard InChI is InChI=1S/C15H21NO2/c1-11-4-5-13(12(2)8-11)9-16-10-15(6-7-15)14(17)18-3/h4-5,8,16H,6-7,9-10H2,1-3H3. The van der Waals surface area contributed by atoms with Gasteiger partial charge < -0.3 is 10.1 Å². The molecule has 1 saturated carbocycles. The lowest BCUT2D eigenvalue weighted by Gasteiger charge is -2.14. The third-order valence-corrected chi connectivity index (χ3v) is 3.75. The fourth-order valence-corrected chi connectivity index (χ4v) is 2.30. The van der Waals surface area contributed by atoms with E-state index >= 15 is 0 Å². The van der Waals surface area contributed by atoms with Crippen molar-refractivity contribution in [1.82, 2.24) is 5.32 Å². The molecule has 1 aromatic rings. The zero-order valence-electron chi connectivity index (χ0n) is 11.4. The predicted octanol–water partition coefficient (Wildman–Crippen LogP) is 2.35. The van der Waals surface area contributed by atoms with E-state index in [0.717, 1.165) is 19.4 Å². The van der Waals surface area contributed by atoms with Crippen LogP contribution in [0.5, 0.6) is 0 Å². The van der Waals surface area contributed by atoms with Crippen molar-refractivity contribution in [2.24, 2.45) is 5.41 Å². The van der Waals surface area contributed by atoms with Gasteiger partial charge in [0.2, 0.25) is 0 Å². The molecule has 1 aliphatic rings. The molecule has 0 saturated heterocycles. The largest absolute Gasteiger partial charge is 0.469 e. The van der Waals surface area contributed by atoms with Crippen LogP contribution in [0.25, 0.3) is 0 Å². The van der Waals surface area contributed by atoms with Crippen molar-refractivity contribution in [1.29, 1.82) is 0 Å². The molecule has 0 aliphatic heterocycles. The highest BCUT2D eigenvalue weighted by Gasteiger charge is 2.50. The van der Waals surface area contributed by atoms with Crippen LogP contribution >= 0.6 is 0 Å². The lowest BCUT2D eigenvalue weighted by molar-refractivity contribution is -0.146.